The Bertz CT molecular complexity index is 275. The molecule has 1 aliphatic rings. The quantitative estimate of drug-likeness (QED) is 0.601. The Balaban J connectivity index is 2.07. The summed E-state index contributed by atoms with van der Waals surface area (Å²) in [5.41, 5.74) is -0.273. The van der Waals surface area contributed by atoms with Crippen LogP contribution in [0.25, 0.3) is 0 Å². The lowest BCUT2D eigenvalue weighted by Gasteiger charge is -2.23. The molecule has 1 heterocycles. The zero-order chi connectivity index (χ0) is 12.7. The van der Waals surface area contributed by atoms with Crippen LogP contribution >= 0.6 is 0 Å². The maximum atomic E-state index is 11.5. The second-order valence-electron chi connectivity index (χ2n) is 4.59. The number of rotatable bonds is 6. The highest BCUT2D eigenvalue weighted by Crippen LogP contribution is 2.16. The highest BCUT2D eigenvalue weighted by Gasteiger charge is 2.30. The molecular formula is C11H20N2O4. The van der Waals surface area contributed by atoms with E-state index in [0.29, 0.717) is 32.6 Å². The summed E-state index contributed by atoms with van der Waals surface area (Å²) in [6.07, 6.45) is 2.22. The number of carboxylic acids is 1. The van der Waals surface area contributed by atoms with E-state index in [1.54, 1.807) is 0 Å². The van der Waals surface area contributed by atoms with Gasteiger partial charge in [-0.1, -0.05) is 0 Å². The zero-order valence-corrected chi connectivity index (χ0v) is 10.1. The lowest BCUT2D eigenvalue weighted by Crippen LogP contribution is -2.50. The van der Waals surface area contributed by atoms with E-state index in [0.717, 1.165) is 6.42 Å². The minimum Gasteiger partial charge on any atom is -0.481 e. The second-order valence-corrected chi connectivity index (χ2v) is 4.59. The molecular weight excluding hydrogens is 224 g/mol. The molecule has 6 nitrogen and oxygen atoms in total. The molecule has 1 atom stereocenters. The van der Waals surface area contributed by atoms with Gasteiger partial charge in [-0.15, -0.1) is 0 Å². The van der Waals surface area contributed by atoms with Gasteiger partial charge in [0.25, 0.3) is 0 Å². The predicted molar refractivity (Wildman–Crippen MR) is 61.9 cm³/mol. The standard InChI is InChI=1S/C11H20N2O4/c1-11(5-7-17-8-11)13-10(16)12-6-3-2-4-9(14)15/h2-8H2,1H3,(H,14,15)(H2,12,13,16). The van der Waals surface area contributed by atoms with Gasteiger partial charge >= 0.3 is 12.0 Å². The molecule has 0 aromatic rings. The van der Waals surface area contributed by atoms with Crippen LogP contribution in [0.5, 0.6) is 0 Å². The average Bonchev–Trinajstić information content (AvgIpc) is 2.63. The van der Waals surface area contributed by atoms with Gasteiger partial charge in [-0.3, -0.25) is 4.79 Å². The average molecular weight is 244 g/mol. The monoisotopic (exact) mass is 244 g/mol. The van der Waals surface area contributed by atoms with Crippen molar-refractivity contribution in [2.24, 2.45) is 0 Å². The van der Waals surface area contributed by atoms with Crippen LogP contribution in [0, 0.1) is 0 Å². The predicted octanol–water partition coefficient (Wildman–Crippen LogP) is 0.719. The fourth-order valence-electron chi connectivity index (χ4n) is 1.69. The minimum absolute atomic E-state index is 0.148. The number of aliphatic carboxylic acids is 1. The number of carbonyl (C=O) groups excluding carboxylic acids is 1. The van der Waals surface area contributed by atoms with Crippen LogP contribution in [-0.4, -0.2) is 42.4 Å². The summed E-state index contributed by atoms with van der Waals surface area (Å²) < 4.78 is 5.22. The molecule has 0 aromatic carbocycles. The first-order valence-corrected chi connectivity index (χ1v) is 5.87. The molecule has 0 spiro atoms. The lowest BCUT2D eigenvalue weighted by atomic mass is 10.0. The van der Waals surface area contributed by atoms with Gasteiger partial charge in [-0.25, -0.2) is 4.79 Å². The van der Waals surface area contributed by atoms with Crippen molar-refractivity contribution >= 4 is 12.0 Å². The lowest BCUT2D eigenvalue weighted by molar-refractivity contribution is -0.137. The smallest absolute Gasteiger partial charge is 0.315 e. The summed E-state index contributed by atoms with van der Waals surface area (Å²) in [6, 6.07) is -0.215. The highest BCUT2D eigenvalue weighted by atomic mass is 16.5. The zero-order valence-electron chi connectivity index (χ0n) is 10.1. The van der Waals surface area contributed by atoms with E-state index in [1.807, 2.05) is 6.92 Å². The summed E-state index contributed by atoms with van der Waals surface area (Å²) in [5, 5.41) is 14.0. The topological polar surface area (TPSA) is 87.7 Å². The van der Waals surface area contributed by atoms with Gasteiger partial charge in [0.1, 0.15) is 0 Å². The molecule has 17 heavy (non-hydrogen) atoms. The Hall–Kier alpha value is -1.30. The van der Waals surface area contributed by atoms with Crippen LogP contribution in [0.2, 0.25) is 0 Å². The highest BCUT2D eigenvalue weighted by molar-refractivity contribution is 5.74. The van der Waals surface area contributed by atoms with Crippen molar-refractivity contribution in [3.63, 3.8) is 0 Å². The SMILES string of the molecule is CC1(NC(=O)NCCCCC(=O)O)CCOC1. The van der Waals surface area contributed by atoms with Crippen molar-refractivity contribution in [3.8, 4) is 0 Å². The number of nitrogens with one attached hydrogen (secondary N) is 2. The number of hydrogen-bond acceptors (Lipinski definition) is 3. The number of urea groups is 1. The van der Waals surface area contributed by atoms with Gasteiger partial charge < -0.3 is 20.5 Å². The van der Waals surface area contributed by atoms with Crippen LogP contribution in [-0.2, 0) is 9.53 Å². The maximum absolute atomic E-state index is 11.5. The number of carbonyl (C=O) groups is 2. The van der Waals surface area contributed by atoms with E-state index < -0.39 is 5.97 Å². The van der Waals surface area contributed by atoms with Crippen molar-refractivity contribution < 1.29 is 19.4 Å². The van der Waals surface area contributed by atoms with E-state index in [4.69, 9.17) is 9.84 Å². The molecule has 0 saturated carbocycles. The van der Waals surface area contributed by atoms with Gasteiger partial charge in [0, 0.05) is 19.6 Å². The van der Waals surface area contributed by atoms with Gasteiger partial charge in [0.2, 0.25) is 0 Å². The number of ether oxygens (including phenoxy) is 1. The van der Waals surface area contributed by atoms with E-state index in [1.165, 1.54) is 0 Å². The van der Waals surface area contributed by atoms with Crippen LogP contribution in [0.3, 0.4) is 0 Å². The largest absolute Gasteiger partial charge is 0.481 e. The number of carboxylic acid groups (broad SMARTS) is 1. The maximum Gasteiger partial charge on any atom is 0.315 e. The minimum atomic E-state index is -0.801. The number of hydrogen-bond donors (Lipinski definition) is 3. The molecule has 0 radical (unpaired) electrons. The van der Waals surface area contributed by atoms with Crippen molar-refractivity contribution in [3.05, 3.63) is 0 Å². The molecule has 0 aromatic heterocycles. The molecule has 2 amide bonds. The van der Waals surface area contributed by atoms with Crippen LogP contribution in [0.15, 0.2) is 0 Å². The normalized spacial score (nSPS) is 23.4. The number of unbranched alkanes of at least 4 members (excludes halogenated alkanes) is 1. The fraction of sp³-hybridized carbons (Fsp3) is 0.818. The Morgan fingerprint density at radius 1 is 1.41 bits per heavy atom. The molecule has 3 N–H and O–H groups in total. The Morgan fingerprint density at radius 3 is 2.76 bits per heavy atom. The van der Waals surface area contributed by atoms with E-state index in [-0.39, 0.29) is 18.0 Å². The third-order valence-electron chi connectivity index (χ3n) is 2.74. The Kier molecular flexibility index (Phi) is 5.21. The van der Waals surface area contributed by atoms with E-state index in [9.17, 15) is 9.59 Å². The van der Waals surface area contributed by atoms with Crippen LogP contribution < -0.4 is 10.6 Å². The summed E-state index contributed by atoms with van der Waals surface area (Å²) in [5.74, 6) is -0.801. The third kappa shape index (κ3) is 5.53. The number of amides is 2. The Morgan fingerprint density at radius 2 is 2.18 bits per heavy atom. The van der Waals surface area contributed by atoms with Gasteiger partial charge in [-0.05, 0) is 26.2 Å². The molecule has 98 valence electrons. The van der Waals surface area contributed by atoms with E-state index in [2.05, 4.69) is 10.6 Å². The molecule has 1 saturated heterocycles. The summed E-state index contributed by atoms with van der Waals surface area (Å²) in [6.45, 7) is 3.66. The molecule has 1 unspecified atom stereocenters. The van der Waals surface area contributed by atoms with E-state index >= 15 is 0 Å². The van der Waals surface area contributed by atoms with Crippen LogP contribution in [0.4, 0.5) is 4.79 Å². The van der Waals surface area contributed by atoms with Crippen molar-refractivity contribution in [1.29, 1.82) is 0 Å². The molecule has 1 aliphatic heterocycles. The molecule has 1 rings (SSSR count). The van der Waals surface area contributed by atoms with Crippen LogP contribution in [0.1, 0.15) is 32.6 Å². The van der Waals surface area contributed by atoms with Gasteiger partial charge in [0.15, 0.2) is 0 Å². The van der Waals surface area contributed by atoms with Crippen molar-refractivity contribution in [1.82, 2.24) is 10.6 Å². The molecule has 1 fully saturated rings. The first-order valence-electron chi connectivity index (χ1n) is 5.87. The summed E-state index contributed by atoms with van der Waals surface area (Å²) in [7, 11) is 0. The Labute approximate surface area is 101 Å². The summed E-state index contributed by atoms with van der Waals surface area (Å²) in [4.78, 5) is 21.8. The third-order valence-corrected chi connectivity index (χ3v) is 2.74. The fourth-order valence-corrected chi connectivity index (χ4v) is 1.69. The van der Waals surface area contributed by atoms with Crippen molar-refractivity contribution in [2.45, 2.75) is 38.1 Å². The molecule has 0 bridgehead atoms. The first-order chi connectivity index (χ1) is 8.02. The molecule has 6 heteroatoms. The second kappa shape index (κ2) is 6.44. The van der Waals surface area contributed by atoms with Gasteiger partial charge in [0.05, 0.1) is 12.1 Å². The van der Waals surface area contributed by atoms with Gasteiger partial charge in [-0.2, -0.15) is 0 Å². The summed E-state index contributed by atoms with van der Waals surface area (Å²) >= 11 is 0. The molecule has 0 aliphatic carbocycles. The first kappa shape index (κ1) is 13.8. The van der Waals surface area contributed by atoms with Crippen molar-refractivity contribution in [2.75, 3.05) is 19.8 Å².